The minimum absolute atomic E-state index is 0.133. The molecular weight excluding hydrogens is 465 g/mol. The molecule has 1 aliphatic heterocycles. The molecule has 8 heteroatoms. The third-order valence-corrected chi connectivity index (χ3v) is 6.18. The van der Waals surface area contributed by atoms with Gasteiger partial charge in [0, 0.05) is 20.6 Å². The van der Waals surface area contributed by atoms with E-state index in [9.17, 15) is 19.4 Å². The van der Waals surface area contributed by atoms with Gasteiger partial charge in [-0.1, -0.05) is 48.5 Å². The predicted molar refractivity (Wildman–Crippen MR) is 132 cm³/mol. The van der Waals surface area contributed by atoms with E-state index in [-0.39, 0.29) is 11.7 Å². The van der Waals surface area contributed by atoms with Crippen molar-refractivity contribution in [2.24, 2.45) is 0 Å². The molecule has 36 heavy (non-hydrogen) atoms. The highest BCUT2D eigenvalue weighted by molar-refractivity contribution is 5.73. The maximum atomic E-state index is 14.0. The first-order valence-electron chi connectivity index (χ1n) is 11.8. The van der Waals surface area contributed by atoms with E-state index in [1.54, 1.807) is 24.3 Å². The minimum atomic E-state index is -1.37. The fraction of sp³-hybridized carbons (Fsp3) is 0.321. The number of benzene rings is 3. The van der Waals surface area contributed by atoms with E-state index in [0.717, 1.165) is 16.7 Å². The summed E-state index contributed by atoms with van der Waals surface area (Å²) in [5, 5.41) is 24.3. The number of aliphatic hydroxyl groups excluding tert-OH is 2. The Bertz CT molecular complexity index is 1170. The first kappa shape index (κ1) is 25.8. The van der Waals surface area contributed by atoms with Crippen molar-refractivity contribution in [1.82, 2.24) is 5.32 Å². The number of rotatable bonds is 8. The Hall–Kier alpha value is -3.30. The highest BCUT2D eigenvalue weighted by Crippen LogP contribution is 2.36. The molecule has 4 rings (SSSR count). The lowest BCUT2D eigenvalue weighted by atomic mass is 9.93. The molecule has 0 saturated carbocycles. The lowest BCUT2D eigenvalue weighted by Gasteiger charge is -2.42. The van der Waals surface area contributed by atoms with Crippen molar-refractivity contribution in [3.63, 3.8) is 0 Å². The standard InChI is InChI=1S/C28H30FNO6/c1-17(31)30-14-13-18-11-12-22(16-23(18)20-9-6-10-21(29)15-20)35-28-25(33)24(32)27(34-2)26(36-28)19-7-4-3-5-8-19/h3-12,15-16,24-28,32-33H,13-14H2,1-2H3,(H,30,31)/t24-,25+,26+,27+,28+/m0/s1. The molecule has 0 spiro atoms. The smallest absolute Gasteiger partial charge is 0.229 e. The molecule has 3 aromatic rings. The van der Waals surface area contributed by atoms with Crippen LogP contribution in [0, 0.1) is 5.82 Å². The molecule has 1 fully saturated rings. The highest BCUT2D eigenvalue weighted by atomic mass is 19.1. The molecule has 7 nitrogen and oxygen atoms in total. The van der Waals surface area contributed by atoms with Gasteiger partial charge in [-0.2, -0.15) is 0 Å². The highest BCUT2D eigenvalue weighted by Gasteiger charge is 2.46. The molecule has 1 saturated heterocycles. The van der Waals surface area contributed by atoms with Crippen LogP contribution in [0.3, 0.4) is 0 Å². The largest absolute Gasteiger partial charge is 0.462 e. The number of carbonyl (C=O) groups is 1. The van der Waals surface area contributed by atoms with E-state index in [1.807, 2.05) is 36.4 Å². The van der Waals surface area contributed by atoms with E-state index in [4.69, 9.17) is 14.2 Å². The number of methoxy groups -OCH3 is 1. The normalized spacial score (nSPS) is 23.8. The van der Waals surface area contributed by atoms with Gasteiger partial charge in [-0.25, -0.2) is 4.39 Å². The van der Waals surface area contributed by atoms with E-state index >= 15 is 0 Å². The Morgan fingerprint density at radius 3 is 2.50 bits per heavy atom. The van der Waals surface area contributed by atoms with Crippen LogP contribution in [-0.2, 0) is 20.7 Å². The van der Waals surface area contributed by atoms with Gasteiger partial charge in [0.15, 0.2) is 0 Å². The van der Waals surface area contributed by atoms with Crippen LogP contribution in [0.5, 0.6) is 5.75 Å². The van der Waals surface area contributed by atoms with Crippen molar-refractivity contribution in [2.75, 3.05) is 13.7 Å². The third kappa shape index (κ3) is 5.91. The molecule has 0 unspecified atom stereocenters. The molecule has 190 valence electrons. The number of halogens is 1. The number of hydrogen-bond acceptors (Lipinski definition) is 6. The zero-order valence-electron chi connectivity index (χ0n) is 20.1. The molecular formula is C28H30FNO6. The Morgan fingerprint density at radius 1 is 1.03 bits per heavy atom. The maximum absolute atomic E-state index is 14.0. The third-order valence-electron chi connectivity index (χ3n) is 6.18. The molecule has 0 aliphatic carbocycles. The predicted octanol–water partition coefficient (Wildman–Crippen LogP) is 3.38. The Kier molecular flexibility index (Phi) is 8.32. The van der Waals surface area contributed by atoms with E-state index in [0.29, 0.717) is 24.3 Å². The van der Waals surface area contributed by atoms with Crippen molar-refractivity contribution < 1.29 is 33.6 Å². The molecule has 0 radical (unpaired) electrons. The zero-order chi connectivity index (χ0) is 25.7. The van der Waals surface area contributed by atoms with Crippen molar-refractivity contribution in [3.8, 4) is 16.9 Å². The van der Waals surface area contributed by atoms with Crippen LogP contribution in [0.15, 0.2) is 72.8 Å². The van der Waals surface area contributed by atoms with E-state index in [2.05, 4.69) is 5.32 Å². The fourth-order valence-electron chi connectivity index (χ4n) is 4.39. The summed E-state index contributed by atoms with van der Waals surface area (Å²) in [5.74, 6) is -0.139. The maximum Gasteiger partial charge on any atom is 0.229 e. The summed E-state index contributed by atoms with van der Waals surface area (Å²) in [5.41, 5.74) is 3.02. The molecule has 3 N–H and O–H groups in total. The summed E-state index contributed by atoms with van der Waals surface area (Å²) in [6.07, 6.45) is -4.73. The van der Waals surface area contributed by atoms with Crippen molar-refractivity contribution >= 4 is 5.91 Å². The average Bonchev–Trinajstić information content (AvgIpc) is 2.87. The second kappa shape index (κ2) is 11.6. The number of ether oxygens (including phenoxy) is 3. The SMILES string of the molecule is CO[C@@H]1[C@@H](O)[C@@H](O)[C@H](Oc2ccc(CCNC(C)=O)c(-c3cccc(F)c3)c2)O[C@@H]1c1ccccc1. The van der Waals surface area contributed by atoms with Crippen LogP contribution in [-0.4, -0.2) is 54.4 Å². The molecule has 0 aromatic heterocycles. The quantitative estimate of drug-likeness (QED) is 0.443. The number of amides is 1. The van der Waals surface area contributed by atoms with E-state index in [1.165, 1.54) is 26.2 Å². The first-order valence-corrected chi connectivity index (χ1v) is 11.8. The Balaban J connectivity index is 1.62. The zero-order valence-corrected chi connectivity index (χ0v) is 20.1. The van der Waals surface area contributed by atoms with Gasteiger partial charge in [0.25, 0.3) is 0 Å². The average molecular weight is 496 g/mol. The minimum Gasteiger partial charge on any atom is -0.462 e. The van der Waals surface area contributed by atoms with Gasteiger partial charge in [-0.3, -0.25) is 4.79 Å². The second-order valence-corrected chi connectivity index (χ2v) is 8.70. The molecule has 0 bridgehead atoms. The van der Waals surface area contributed by atoms with Gasteiger partial charge < -0.3 is 29.7 Å². The first-order chi connectivity index (χ1) is 17.4. The summed E-state index contributed by atoms with van der Waals surface area (Å²) >= 11 is 0. The van der Waals surface area contributed by atoms with Crippen LogP contribution >= 0.6 is 0 Å². The van der Waals surface area contributed by atoms with Gasteiger partial charge in [0.05, 0.1) is 0 Å². The number of carbonyl (C=O) groups excluding carboxylic acids is 1. The summed E-state index contributed by atoms with van der Waals surface area (Å²) in [6, 6.07) is 20.8. The fourth-order valence-corrected chi connectivity index (χ4v) is 4.39. The van der Waals surface area contributed by atoms with Gasteiger partial charge in [-0.05, 0) is 52.9 Å². The molecule has 5 atom stereocenters. The monoisotopic (exact) mass is 495 g/mol. The lowest BCUT2D eigenvalue weighted by Crippen LogP contribution is -2.56. The van der Waals surface area contributed by atoms with Crippen LogP contribution in [0.4, 0.5) is 4.39 Å². The van der Waals surface area contributed by atoms with Crippen LogP contribution in [0.25, 0.3) is 11.1 Å². The lowest BCUT2D eigenvalue weighted by molar-refractivity contribution is -0.279. The summed E-state index contributed by atoms with van der Waals surface area (Å²) in [7, 11) is 1.45. The van der Waals surface area contributed by atoms with Crippen LogP contribution in [0.2, 0.25) is 0 Å². The number of hydrogen-bond donors (Lipinski definition) is 3. The van der Waals surface area contributed by atoms with Gasteiger partial charge in [-0.15, -0.1) is 0 Å². The van der Waals surface area contributed by atoms with Crippen molar-refractivity contribution in [3.05, 3.63) is 89.7 Å². The van der Waals surface area contributed by atoms with E-state index < -0.39 is 30.7 Å². The topological polar surface area (TPSA) is 97.3 Å². The summed E-state index contributed by atoms with van der Waals surface area (Å²) in [6.45, 7) is 1.87. The van der Waals surface area contributed by atoms with Crippen molar-refractivity contribution in [2.45, 2.75) is 44.1 Å². The molecule has 1 amide bonds. The number of nitrogens with one attached hydrogen (secondary N) is 1. The Labute approximate surface area is 209 Å². The summed E-state index contributed by atoms with van der Waals surface area (Å²) in [4.78, 5) is 11.3. The number of aliphatic hydroxyl groups is 2. The molecule has 3 aromatic carbocycles. The van der Waals surface area contributed by atoms with Crippen molar-refractivity contribution in [1.29, 1.82) is 0 Å². The Morgan fingerprint density at radius 2 is 1.81 bits per heavy atom. The van der Waals surface area contributed by atoms with Crippen LogP contribution in [0.1, 0.15) is 24.2 Å². The van der Waals surface area contributed by atoms with Gasteiger partial charge >= 0.3 is 0 Å². The second-order valence-electron chi connectivity index (χ2n) is 8.70. The van der Waals surface area contributed by atoms with Crippen LogP contribution < -0.4 is 10.1 Å². The molecule has 1 aliphatic rings. The molecule has 1 heterocycles. The summed E-state index contributed by atoms with van der Waals surface area (Å²) < 4.78 is 31.6. The van der Waals surface area contributed by atoms with Gasteiger partial charge in [0.1, 0.15) is 36.0 Å². The van der Waals surface area contributed by atoms with Gasteiger partial charge in [0.2, 0.25) is 12.2 Å².